The second-order valence-corrected chi connectivity index (χ2v) is 8.79. The number of aromatic nitrogens is 5. The van der Waals surface area contributed by atoms with Crippen LogP contribution in [-0.4, -0.2) is 55.4 Å². The Morgan fingerprint density at radius 2 is 1.97 bits per heavy atom. The number of fused-ring (bicyclic) bond motifs is 3. The molecule has 0 aliphatic carbocycles. The van der Waals surface area contributed by atoms with Crippen molar-refractivity contribution in [1.82, 2.24) is 29.6 Å². The van der Waals surface area contributed by atoms with Gasteiger partial charge in [-0.25, -0.2) is 14.8 Å². The Morgan fingerprint density at radius 3 is 2.70 bits per heavy atom. The van der Waals surface area contributed by atoms with Gasteiger partial charge in [0.05, 0.1) is 24.9 Å². The van der Waals surface area contributed by atoms with Crippen molar-refractivity contribution in [3.8, 4) is 5.69 Å². The van der Waals surface area contributed by atoms with Gasteiger partial charge in [-0.1, -0.05) is 11.6 Å². The van der Waals surface area contributed by atoms with Crippen LogP contribution in [0, 0.1) is 0 Å². The van der Waals surface area contributed by atoms with E-state index in [1.807, 2.05) is 31.2 Å². The molecule has 1 atom stereocenters. The maximum atomic E-state index is 12.7. The summed E-state index contributed by atoms with van der Waals surface area (Å²) >= 11 is 6.33. The molecule has 1 fully saturated rings. The van der Waals surface area contributed by atoms with Crippen LogP contribution in [0.15, 0.2) is 36.8 Å². The number of hydrogen-bond donors (Lipinski definition) is 0. The molecule has 0 spiro atoms. The molecule has 4 heterocycles. The first-order valence-corrected chi connectivity index (χ1v) is 11.6. The molecule has 9 nitrogen and oxygen atoms in total. The van der Waals surface area contributed by atoms with Gasteiger partial charge in [0, 0.05) is 30.2 Å². The fraction of sp³-hybridized carbons (Fsp3) is 0.435. The molecule has 0 radical (unpaired) electrons. The number of amides is 1. The lowest BCUT2D eigenvalue weighted by molar-refractivity contribution is 0.0888. The van der Waals surface area contributed by atoms with Crippen molar-refractivity contribution in [3.63, 3.8) is 0 Å². The molecule has 1 amide bonds. The molecule has 3 aromatic rings. The summed E-state index contributed by atoms with van der Waals surface area (Å²) in [5, 5.41) is 9.82. The SMILES string of the molecule is CCOC(=O)N1Cc2cc(Cl)ccc2-n2c(C3CCN(c4ccncn4)CC3)nnc2C1C. The number of hydrogen-bond acceptors (Lipinski definition) is 7. The fourth-order valence-corrected chi connectivity index (χ4v) is 4.91. The highest BCUT2D eigenvalue weighted by molar-refractivity contribution is 6.30. The zero-order valence-electron chi connectivity index (χ0n) is 18.7. The Bertz CT molecular complexity index is 1140. The minimum absolute atomic E-state index is 0.245. The van der Waals surface area contributed by atoms with Gasteiger partial charge < -0.3 is 9.64 Å². The predicted molar refractivity (Wildman–Crippen MR) is 124 cm³/mol. The Balaban J connectivity index is 1.49. The van der Waals surface area contributed by atoms with Gasteiger partial charge >= 0.3 is 6.09 Å². The van der Waals surface area contributed by atoms with Gasteiger partial charge in [-0.2, -0.15) is 0 Å². The quantitative estimate of drug-likeness (QED) is 0.572. The summed E-state index contributed by atoms with van der Waals surface area (Å²) in [7, 11) is 0. The molecular formula is C23H26ClN7O2. The van der Waals surface area contributed by atoms with E-state index in [1.54, 1.807) is 24.3 Å². The van der Waals surface area contributed by atoms with Crippen LogP contribution in [0.5, 0.6) is 0 Å². The Morgan fingerprint density at radius 1 is 1.18 bits per heavy atom. The molecule has 10 heteroatoms. The molecule has 1 unspecified atom stereocenters. The third-order valence-electron chi connectivity index (χ3n) is 6.43. The highest BCUT2D eigenvalue weighted by Crippen LogP contribution is 2.37. The zero-order chi connectivity index (χ0) is 22.9. The summed E-state index contributed by atoms with van der Waals surface area (Å²) in [6, 6.07) is 7.42. The minimum atomic E-state index is -0.368. The second-order valence-electron chi connectivity index (χ2n) is 8.36. The largest absolute Gasteiger partial charge is 0.450 e. The van der Waals surface area contributed by atoms with E-state index in [4.69, 9.17) is 16.3 Å². The van der Waals surface area contributed by atoms with Gasteiger partial charge in [-0.3, -0.25) is 9.47 Å². The van der Waals surface area contributed by atoms with E-state index in [1.165, 1.54) is 0 Å². The van der Waals surface area contributed by atoms with E-state index < -0.39 is 0 Å². The topological polar surface area (TPSA) is 89.3 Å². The third kappa shape index (κ3) is 4.01. The molecular weight excluding hydrogens is 442 g/mol. The Kier molecular flexibility index (Phi) is 5.88. The molecule has 1 aromatic carbocycles. The van der Waals surface area contributed by atoms with Crippen molar-refractivity contribution in [2.45, 2.75) is 45.2 Å². The number of benzene rings is 1. The molecule has 2 aliphatic heterocycles. The van der Waals surface area contributed by atoms with E-state index in [9.17, 15) is 4.79 Å². The van der Waals surface area contributed by atoms with E-state index in [-0.39, 0.29) is 18.1 Å². The van der Waals surface area contributed by atoms with Gasteiger partial charge in [0.2, 0.25) is 0 Å². The van der Waals surface area contributed by atoms with Crippen LogP contribution in [-0.2, 0) is 11.3 Å². The maximum Gasteiger partial charge on any atom is 0.410 e. The van der Waals surface area contributed by atoms with Crippen LogP contribution in [0.4, 0.5) is 10.6 Å². The fourth-order valence-electron chi connectivity index (χ4n) is 4.72. The van der Waals surface area contributed by atoms with E-state index >= 15 is 0 Å². The third-order valence-corrected chi connectivity index (χ3v) is 6.67. The predicted octanol–water partition coefficient (Wildman–Crippen LogP) is 4.13. The average molecular weight is 468 g/mol. The first-order chi connectivity index (χ1) is 16.1. The second kappa shape index (κ2) is 8.97. The highest BCUT2D eigenvalue weighted by atomic mass is 35.5. The molecule has 0 N–H and O–H groups in total. The standard InChI is InChI=1S/C23H26ClN7O2/c1-3-33-23(32)30-13-17-12-18(24)4-5-19(17)31-21(15(30)2)27-28-22(31)16-7-10-29(11-8-16)20-6-9-25-14-26-20/h4-6,9,12,14-16H,3,7-8,10-11,13H2,1-2H3. The Labute approximate surface area is 197 Å². The molecule has 0 bridgehead atoms. The summed E-state index contributed by atoms with van der Waals surface area (Å²) in [5.74, 6) is 2.85. The summed E-state index contributed by atoms with van der Waals surface area (Å²) in [6.45, 7) is 6.23. The summed E-state index contributed by atoms with van der Waals surface area (Å²) in [4.78, 5) is 25.1. The smallest absolute Gasteiger partial charge is 0.410 e. The van der Waals surface area contributed by atoms with Crippen LogP contribution in [0.25, 0.3) is 5.69 Å². The number of piperidine rings is 1. The van der Waals surface area contributed by atoms with E-state index in [0.29, 0.717) is 18.2 Å². The lowest BCUT2D eigenvalue weighted by Crippen LogP contribution is -2.34. The van der Waals surface area contributed by atoms with Gasteiger partial charge in [-0.05, 0) is 56.5 Å². The number of carbonyl (C=O) groups is 1. The van der Waals surface area contributed by atoms with Crippen LogP contribution >= 0.6 is 11.6 Å². The first-order valence-electron chi connectivity index (χ1n) is 11.2. The minimum Gasteiger partial charge on any atom is -0.450 e. The van der Waals surface area contributed by atoms with Gasteiger partial charge in [0.25, 0.3) is 0 Å². The lowest BCUT2D eigenvalue weighted by Gasteiger charge is -2.32. The van der Waals surface area contributed by atoms with Crippen molar-refractivity contribution < 1.29 is 9.53 Å². The van der Waals surface area contributed by atoms with E-state index in [0.717, 1.165) is 54.6 Å². The number of carbonyl (C=O) groups excluding carboxylic acids is 1. The summed E-state index contributed by atoms with van der Waals surface area (Å²) in [6.07, 6.45) is 4.85. The van der Waals surface area contributed by atoms with Crippen LogP contribution in [0.1, 0.15) is 55.9 Å². The van der Waals surface area contributed by atoms with Gasteiger partial charge in [0.15, 0.2) is 5.82 Å². The number of anilines is 1. The normalized spacial score (nSPS) is 18.5. The summed E-state index contributed by atoms with van der Waals surface area (Å²) in [5.41, 5.74) is 1.91. The molecule has 33 heavy (non-hydrogen) atoms. The average Bonchev–Trinajstić information content (AvgIpc) is 3.23. The van der Waals surface area contributed by atoms with Crippen molar-refractivity contribution in [1.29, 1.82) is 0 Å². The zero-order valence-corrected chi connectivity index (χ0v) is 19.4. The van der Waals surface area contributed by atoms with Crippen LogP contribution in [0.3, 0.4) is 0 Å². The molecule has 1 saturated heterocycles. The molecule has 2 aliphatic rings. The first kappa shape index (κ1) is 21.6. The van der Waals surface area contributed by atoms with Crippen LogP contribution in [0.2, 0.25) is 5.02 Å². The lowest BCUT2D eigenvalue weighted by atomic mass is 9.95. The molecule has 5 rings (SSSR count). The molecule has 0 saturated carbocycles. The van der Waals surface area contributed by atoms with Crippen molar-refractivity contribution in [2.24, 2.45) is 0 Å². The Hall–Kier alpha value is -3.20. The van der Waals surface area contributed by atoms with Crippen molar-refractivity contribution in [2.75, 3.05) is 24.6 Å². The summed E-state index contributed by atoms with van der Waals surface area (Å²) < 4.78 is 7.45. The highest BCUT2D eigenvalue weighted by Gasteiger charge is 2.35. The number of ether oxygens (including phenoxy) is 1. The number of rotatable bonds is 3. The van der Waals surface area contributed by atoms with E-state index in [2.05, 4.69) is 29.6 Å². The van der Waals surface area contributed by atoms with Gasteiger partial charge in [0.1, 0.15) is 18.0 Å². The van der Waals surface area contributed by atoms with Gasteiger partial charge in [-0.15, -0.1) is 10.2 Å². The monoisotopic (exact) mass is 467 g/mol. The maximum absolute atomic E-state index is 12.7. The molecule has 172 valence electrons. The number of nitrogens with zero attached hydrogens (tertiary/aromatic N) is 7. The number of halogens is 1. The van der Waals surface area contributed by atoms with Crippen molar-refractivity contribution >= 4 is 23.5 Å². The van der Waals surface area contributed by atoms with Crippen LogP contribution < -0.4 is 4.90 Å². The van der Waals surface area contributed by atoms with Crippen molar-refractivity contribution in [3.05, 3.63) is 59.0 Å². The molecule has 2 aromatic heterocycles.